The fourth-order valence-electron chi connectivity index (χ4n) is 1.19. The number of nitrogens with zero attached hydrogens (tertiary/aromatic N) is 3. The Kier molecular flexibility index (Phi) is 3.44. The van der Waals surface area contributed by atoms with Gasteiger partial charge in [-0.2, -0.15) is 0 Å². The number of nitrogen functional groups attached to an aromatic ring is 2. The summed E-state index contributed by atoms with van der Waals surface area (Å²) in [6.07, 6.45) is 1.62. The van der Waals surface area contributed by atoms with E-state index in [9.17, 15) is 4.79 Å². The maximum atomic E-state index is 11.3. The topological polar surface area (TPSA) is 136 Å². The number of anilines is 2. The first-order valence-electron chi connectivity index (χ1n) is 4.93. The number of H-pyrrole nitrogens is 1. The number of rotatable bonds is 3. The van der Waals surface area contributed by atoms with Crippen LogP contribution in [0.3, 0.4) is 0 Å². The normalized spacial score (nSPS) is 10.3. The first kappa shape index (κ1) is 12.3. The minimum Gasteiger partial charge on any atom is -0.383 e. The molecule has 2 aromatic rings. The van der Waals surface area contributed by atoms with Gasteiger partial charge in [-0.25, -0.2) is 20.8 Å². The van der Waals surface area contributed by atoms with Crippen molar-refractivity contribution in [3.05, 3.63) is 28.2 Å². The fraction of sp³-hybridized carbons (Fsp3) is 0.111. The van der Waals surface area contributed by atoms with Crippen LogP contribution in [0.5, 0.6) is 0 Å². The van der Waals surface area contributed by atoms with E-state index in [1.54, 1.807) is 6.20 Å². The summed E-state index contributed by atoms with van der Waals surface area (Å²) >= 11 is 1.18. The van der Waals surface area contributed by atoms with Crippen molar-refractivity contribution in [3.8, 4) is 0 Å². The lowest BCUT2D eigenvalue weighted by molar-refractivity contribution is 0.930. The largest absolute Gasteiger partial charge is 0.383 e. The van der Waals surface area contributed by atoms with Gasteiger partial charge in [-0.1, -0.05) is 0 Å². The van der Waals surface area contributed by atoms with E-state index < -0.39 is 0 Å². The SMILES string of the molecule is Cc1cnc(NN)nc1Sc1nc(N)cc(=O)[nH]1. The molecule has 0 bridgehead atoms. The lowest BCUT2D eigenvalue weighted by Crippen LogP contribution is -2.12. The van der Waals surface area contributed by atoms with Gasteiger partial charge in [-0.05, 0) is 18.7 Å². The zero-order chi connectivity index (χ0) is 13.1. The molecule has 9 heteroatoms. The molecule has 0 aromatic carbocycles. The van der Waals surface area contributed by atoms with Crippen molar-refractivity contribution in [1.82, 2.24) is 19.9 Å². The molecule has 0 atom stereocenters. The molecule has 0 radical (unpaired) electrons. The molecule has 0 fully saturated rings. The van der Waals surface area contributed by atoms with Crippen molar-refractivity contribution >= 4 is 23.5 Å². The minimum absolute atomic E-state index is 0.158. The van der Waals surface area contributed by atoms with Crippen LogP contribution in [0, 0.1) is 6.92 Å². The van der Waals surface area contributed by atoms with Crippen molar-refractivity contribution < 1.29 is 0 Å². The van der Waals surface area contributed by atoms with Crippen LogP contribution in [0.1, 0.15) is 5.56 Å². The summed E-state index contributed by atoms with van der Waals surface area (Å²) in [6.45, 7) is 1.84. The van der Waals surface area contributed by atoms with Crippen LogP contribution in [0.2, 0.25) is 0 Å². The van der Waals surface area contributed by atoms with Gasteiger partial charge in [0, 0.05) is 17.8 Å². The van der Waals surface area contributed by atoms with E-state index in [-0.39, 0.29) is 17.3 Å². The van der Waals surface area contributed by atoms with E-state index in [2.05, 4.69) is 25.4 Å². The van der Waals surface area contributed by atoms with Crippen LogP contribution in [0.25, 0.3) is 0 Å². The third-order valence-electron chi connectivity index (χ3n) is 1.99. The van der Waals surface area contributed by atoms with E-state index in [1.807, 2.05) is 6.92 Å². The van der Waals surface area contributed by atoms with Crippen molar-refractivity contribution in [3.63, 3.8) is 0 Å². The van der Waals surface area contributed by atoms with E-state index in [0.29, 0.717) is 10.2 Å². The van der Waals surface area contributed by atoms with Crippen LogP contribution in [0.4, 0.5) is 11.8 Å². The molecule has 0 aliphatic heterocycles. The Balaban J connectivity index is 2.36. The Morgan fingerprint density at radius 3 is 2.89 bits per heavy atom. The Hall–Kier alpha value is -2.13. The quantitative estimate of drug-likeness (QED) is 0.261. The number of aromatic nitrogens is 4. The van der Waals surface area contributed by atoms with Gasteiger partial charge in [-0.15, -0.1) is 0 Å². The van der Waals surface area contributed by atoms with Crippen molar-refractivity contribution in [2.45, 2.75) is 17.1 Å². The minimum atomic E-state index is -0.311. The lowest BCUT2D eigenvalue weighted by Gasteiger charge is -2.05. The maximum Gasteiger partial charge on any atom is 0.253 e. The van der Waals surface area contributed by atoms with Crippen molar-refractivity contribution in [2.75, 3.05) is 11.2 Å². The molecule has 0 saturated carbocycles. The predicted octanol–water partition coefficient (Wildman–Crippen LogP) is -0.113. The first-order chi connectivity index (χ1) is 8.58. The molecule has 94 valence electrons. The molecule has 0 saturated heterocycles. The monoisotopic (exact) mass is 265 g/mol. The number of hydrogen-bond donors (Lipinski definition) is 4. The standard InChI is InChI=1S/C9H11N7OS/c1-4-3-12-8(16-11)15-7(4)18-9-13-5(10)2-6(17)14-9/h2-3H,11H2,1H3,(H,12,15,16)(H3,10,13,14,17). The smallest absolute Gasteiger partial charge is 0.253 e. The number of nitrogens with two attached hydrogens (primary N) is 2. The second-order valence-electron chi connectivity index (χ2n) is 3.40. The Morgan fingerprint density at radius 1 is 1.44 bits per heavy atom. The fourth-order valence-corrected chi connectivity index (χ4v) is 2.02. The molecule has 0 amide bonds. The summed E-state index contributed by atoms with van der Waals surface area (Å²) in [5, 5.41) is 0.997. The van der Waals surface area contributed by atoms with E-state index >= 15 is 0 Å². The first-order valence-corrected chi connectivity index (χ1v) is 5.75. The lowest BCUT2D eigenvalue weighted by atomic mass is 10.4. The second-order valence-corrected chi connectivity index (χ2v) is 4.38. The van der Waals surface area contributed by atoms with E-state index in [0.717, 1.165) is 5.56 Å². The average Bonchev–Trinajstić information content (AvgIpc) is 2.30. The molecular formula is C9H11N7OS. The molecule has 0 aliphatic rings. The van der Waals surface area contributed by atoms with Crippen LogP contribution in [-0.2, 0) is 0 Å². The summed E-state index contributed by atoms with van der Waals surface area (Å²) in [5.41, 5.74) is 8.37. The zero-order valence-corrected chi connectivity index (χ0v) is 10.3. The molecule has 2 heterocycles. The van der Waals surface area contributed by atoms with Crippen molar-refractivity contribution in [2.24, 2.45) is 5.84 Å². The van der Waals surface area contributed by atoms with Crippen LogP contribution >= 0.6 is 11.8 Å². The molecule has 8 nitrogen and oxygen atoms in total. The molecule has 0 spiro atoms. The highest BCUT2D eigenvalue weighted by Gasteiger charge is 2.08. The van der Waals surface area contributed by atoms with Gasteiger partial charge in [-0.3, -0.25) is 10.2 Å². The summed E-state index contributed by atoms with van der Waals surface area (Å²) < 4.78 is 0. The highest BCUT2D eigenvalue weighted by Crippen LogP contribution is 2.25. The van der Waals surface area contributed by atoms with Gasteiger partial charge in [0.1, 0.15) is 10.8 Å². The number of aromatic amines is 1. The Bertz CT molecular complexity index is 627. The average molecular weight is 265 g/mol. The predicted molar refractivity (Wildman–Crippen MR) is 68.0 cm³/mol. The molecule has 2 rings (SSSR count). The van der Waals surface area contributed by atoms with Gasteiger partial charge in [0.2, 0.25) is 5.95 Å². The van der Waals surface area contributed by atoms with Crippen LogP contribution < -0.4 is 22.6 Å². The summed E-state index contributed by atoms with van der Waals surface area (Å²) in [7, 11) is 0. The number of nitrogens with one attached hydrogen (secondary N) is 2. The molecule has 2 aromatic heterocycles. The van der Waals surface area contributed by atoms with E-state index in [4.69, 9.17) is 11.6 Å². The van der Waals surface area contributed by atoms with Crippen molar-refractivity contribution in [1.29, 1.82) is 0 Å². The third kappa shape index (κ3) is 2.76. The molecule has 6 N–H and O–H groups in total. The summed E-state index contributed by atoms with van der Waals surface area (Å²) in [5.74, 6) is 5.68. The maximum absolute atomic E-state index is 11.3. The van der Waals surface area contributed by atoms with Gasteiger partial charge < -0.3 is 10.7 Å². The van der Waals surface area contributed by atoms with Crippen LogP contribution in [-0.4, -0.2) is 19.9 Å². The van der Waals surface area contributed by atoms with Crippen LogP contribution in [0.15, 0.2) is 27.2 Å². The number of aryl methyl sites for hydroxylation is 1. The van der Waals surface area contributed by atoms with Gasteiger partial charge in [0.15, 0.2) is 5.16 Å². The van der Waals surface area contributed by atoms with Gasteiger partial charge >= 0.3 is 0 Å². The third-order valence-corrected chi connectivity index (χ3v) is 2.98. The molecule has 18 heavy (non-hydrogen) atoms. The highest BCUT2D eigenvalue weighted by atomic mass is 32.2. The van der Waals surface area contributed by atoms with E-state index in [1.165, 1.54) is 17.8 Å². The zero-order valence-electron chi connectivity index (χ0n) is 9.47. The molecular weight excluding hydrogens is 254 g/mol. The summed E-state index contributed by atoms with van der Waals surface area (Å²) in [4.78, 5) is 25.9. The highest BCUT2D eigenvalue weighted by molar-refractivity contribution is 7.99. The van der Waals surface area contributed by atoms with Gasteiger partial charge in [0.25, 0.3) is 5.56 Å². The van der Waals surface area contributed by atoms with Gasteiger partial charge in [0.05, 0.1) is 0 Å². The summed E-state index contributed by atoms with van der Waals surface area (Å²) in [6, 6.07) is 1.21. The Morgan fingerprint density at radius 2 is 2.22 bits per heavy atom. The molecule has 0 aliphatic carbocycles. The second kappa shape index (κ2) is 5.02. The Labute approximate surface area is 106 Å². The molecule has 0 unspecified atom stereocenters. The number of hydrazine groups is 1. The number of hydrogen-bond acceptors (Lipinski definition) is 8.